The summed E-state index contributed by atoms with van der Waals surface area (Å²) in [6.07, 6.45) is 6.29. The SMILES string of the molecule is CCCCCCCN(C(=O)CNC(=O)OC(C)(C)C)C(C(=O)NC(C)CCC)c1cccc(C)c1C. The number of alkyl carbamates (subject to hydrolysis) is 1. The molecule has 2 N–H and O–H groups in total. The fraction of sp³-hybridized carbons (Fsp3) is 0.690. The van der Waals surface area contributed by atoms with E-state index in [1.54, 1.807) is 25.7 Å². The van der Waals surface area contributed by atoms with E-state index in [2.05, 4.69) is 24.5 Å². The van der Waals surface area contributed by atoms with Gasteiger partial charge in [0.1, 0.15) is 18.2 Å². The second-order valence-corrected chi connectivity index (χ2v) is 10.7. The summed E-state index contributed by atoms with van der Waals surface area (Å²) in [6, 6.07) is 5.08. The molecular weight excluding hydrogens is 454 g/mol. The van der Waals surface area contributed by atoms with Crippen LogP contribution in [0.15, 0.2) is 18.2 Å². The molecule has 0 aliphatic heterocycles. The van der Waals surface area contributed by atoms with E-state index in [9.17, 15) is 14.4 Å². The number of ether oxygens (including phenoxy) is 1. The topological polar surface area (TPSA) is 87.7 Å². The zero-order valence-corrected chi connectivity index (χ0v) is 23.8. The van der Waals surface area contributed by atoms with Gasteiger partial charge in [0, 0.05) is 12.6 Å². The summed E-state index contributed by atoms with van der Waals surface area (Å²) >= 11 is 0. The largest absolute Gasteiger partial charge is 0.444 e. The van der Waals surface area contributed by atoms with Gasteiger partial charge in [0.05, 0.1) is 0 Å². The molecule has 1 aromatic carbocycles. The third-order valence-corrected chi connectivity index (χ3v) is 6.22. The molecule has 2 unspecified atom stereocenters. The Morgan fingerprint density at radius 1 is 1.00 bits per heavy atom. The van der Waals surface area contributed by atoms with Crippen LogP contribution >= 0.6 is 0 Å². The van der Waals surface area contributed by atoms with Gasteiger partial charge in [-0.1, -0.05) is 64.2 Å². The van der Waals surface area contributed by atoms with Gasteiger partial charge >= 0.3 is 6.09 Å². The summed E-state index contributed by atoms with van der Waals surface area (Å²) < 4.78 is 5.30. The number of hydrogen-bond acceptors (Lipinski definition) is 4. The van der Waals surface area contributed by atoms with Crippen LogP contribution in [0.5, 0.6) is 0 Å². The first-order valence-corrected chi connectivity index (χ1v) is 13.5. The van der Waals surface area contributed by atoms with Crippen LogP contribution < -0.4 is 10.6 Å². The van der Waals surface area contributed by atoms with Crippen molar-refractivity contribution < 1.29 is 19.1 Å². The molecular formula is C29H49N3O4. The van der Waals surface area contributed by atoms with Crippen LogP contribution in [0.3, 0.4) is 0 Å². The Morgan fingerprint density at radius 3 is 2.28 bits per heavy atom. The second-order valence-electron chi connectivity index (χ2n) is 10.7. The van der Waals surface area contributed by atoms with Crippen LogP contribution in [0.2, 0.25) is 0 Å². The standard InChI is InChI=1S/C29H49N3O4/c1-9-11-12-13-14-19-32(25(33)20-30-28(35)36-29(6,7)8)26(27(34)31-22(4)16-10-2)24-18-15-17-21(3)23(24)5/h15,17-18,22,26H,9-14,16,19-20H2,1-8H3,(H,30,35)(H,31,34). The normalized spacial score (nSPS) is 13.0. The van der Waals surface area contributed by atoms with Gasteiger partial charge in [-0.2, -0.15) is 0 Å². The average molecular weight is 504 g/mol. The van der Waals surface area contributed by atoms with Gasteiger partial charge in [-0.3, -0.25) is 9.59 Å². The van der Waals surface area contributed by atoms with E-state index in [1.807, 2.05) is 39.0 Å². The fourth-order valence-corrected chi connectivity index (χ4v) is 4.19. The minimum absolute atomic E-state index is 0.00323. The summed E-state index contributed by atoms with van der Waals surface area (Å²) in [6.45, 7) is 15.8. The number of carbonyl (C=O) groups is 3. The van der Waals surface area contributed by atoms with Gasteiger partial charge in [0.25, 0.3) is 0 Å². The van der Waals surface area contributed by atoms with Crippen molar-refractivity contribution in [2.45, 2.75) is 118 Å². The van der Waals surface area contributed by atoms with Gasteiger partial charge in [-0.05, 0) is 71.1 Å². The lowest BCUT2D eigenvalue weighted by molar-refractivity contribution is -0.140. The first-order valence-electron chi connectivity index (χ1n) is 13.5. The molecule has 2 atom stereocenters. The molecule has 0 spiro atoms. The Morgan fingerprint density at radius 2 is 1.67 bits per heavy atom. The van der Waals surface area contributed by atoms with E-state index in [0.717, 1.165) is 61.6 Å². The molecule has 36 heavy (non-hydrogen) atoms. The first-order chi connectivity index (χ1) is 16.9. The molecule has 0 saturated carbocycles. The average Bonchev–Trinajstić information content (AvgIpc) is 2.78. The Bertz CT molecular complexity index is 847. The number of aryl methyl sites for hydroxylation is 1. The Balaban J connectivity index is 3.28. The van der Waals surface area contributed by atoms with Crippen molar-refractivity contribution in [3.8, 4) is 0 Å². The van der Waals surface area contributed by atoms with E-state index in [0.29, 0.717) is 6.54 Å². The lowest BCUT2D eigenvalue weighted by Crippen LogP contribution is -2.49. The number of nitrogens with one attached hydrogen (secondary N) is 2. The molecule has 0 aliphatic rings. The molecule has 0 aromatic heterocycles. The number of nitrogens with zero attached hydrogens (tertiary/aromatic N) is 1. The summed E-state index contributed by atoms with van der Waals surface area (Å²) in [5.74, 6) is -0.496. The summed E-state index contributed by atoms with van der Waals surface area (Å²) in [5.41, 5.74) is 2.21. The van der Waals surface area contributed by atoms with Gasteiger partial charge in [0.2, 0.25) is 11.8 Å². The molecule has 0 saturated heterocycles. The number of carbonyl (C=O) groups excluding carboxylic acids is 3. The summed E-state index contributed by atoms with van der Waals surface area (Å²) in [7, 11) is 0. The van der Waals surface area contributed by atoms with Crippen LogP contribution in [-0.4, -0.2) is 47.5 Å². The molecule has 0 radical (unpaired) electrons. The van der Waals surface area contributed by atoms with Crippen molar-refractivity contribution in [2.24, 2.45) is 0 Å². The van der Waals surface area contributed by atoms with Gasteiger partial charge in [-0.25, -0.2) is 4.79 Å². The van der Waals surface area contributed by atoms with Crippen LogP contribution in [0.1, 0.15) is 109 Å². The molecule has 1 aromatic rings. The number of benzene rings is 1. The van der Waals surface area contributed by atoms with Crippen LogP contribution in [0.25, 0.3) is 0 Å². The second kappa shape index (κ2) is 15.5. The van der Waals surface area contributed by atoms with E-state index in [1.165, 1.54) is 0 Å². The third kappa shape index (κ3) is 11.0. The van der Waals surface area contributed by atoms with Crippen molar-refractivity contribution in [1.82, 2.24) is 15.5 Å². The van der Waals surface area contributed by atoms with Gasteiger partial charge in [0.15, 0.2) is 0 Å². The lowest BCUT2D eigenvalue weighted by atomic mass is 9.95. The predicted octanol–water partition coefficient (Wildman–Crippen LogP) is 5.97. The van der Waals surface area contributed by atoms with Crippen LogP contribution in [0, 0.1) is 13.8 Å². The van der Waals surface area contributed by atoms with E-state index in [4.69, 9.17) is 4.74 Å². The predicted molar refractivity (Wildman–Crippen MR) is 146 cm³/mol. The van der Waals surface area contributed by atoms with Crippen molar-refractivity contribution in [1.29, 1.82) is 0 Å². The molecule has 0 bridgehead atoms. The summed E-state index contributed by atoms with van der Waals surface area (Å²) in [4.78, 5) is 41.1. The fourth-order valence-electron chi connectivity index (χ4n) is 4.19. The third-order valence-electron chi connectivity index (χ3n) is 6.22. The first kappa shape index (κ1) is 31.5. The van der Waals surface area contributed by atoms with E-state index >= 15 is 0 Å². The zero-order valence-electron chi connectivity index (χ0n) is 23.8. The molecule has 3 amide bonds. The smallest absolute Gasteiger partial charge is 0.408 e. The molecule has 1 rings (SSSR count). The highest BCUT2D eigenvalue weighted by atomic mass is 16.6. The number of rotatable bonds is 14. The minimum Gasteiger partial charge on any atom is -0.444 e. The Labute approximate surface area is 218 Å². The quantitative estimate of drug-likeness (QED) is 0.306. The highest BCUT2D eigenvalue weighted by molar-refractivity contribution is 5.90. The highest BCUT2D eigenvalue weighted by Gasteiger charge is 2.33. The lowest BCUT2D eigenvalue weighted by Gasteiger charge is -2.33. The van der Waals surface area contributed by atoms with Crippen LogP contribution in [0.4, 0.5) is 4.79 Å². The van der Waals surface area contributed by atoms with Crippen molar-refractivity contribution in [3.63, 3.8) is 0 Å². The highest BCUT2D eigenvalue weighted by Crippen LogP contribution is 2.27. The van der Waals surface area contributed by atoms with Gasteiger partial charge in [-0.15, -0.1) is 0 Å². The zero-order chi connectivity index (χ0) is 27.3. The van der Waals surface area contributed by atoms with Gasteiger partial charge < -0.3 is 20.3 Å². The monoisotopic (exact) mass is 503 g/mol. The number of unbranched alkanes of at least 4 members (excludes halogenated alkanes) is 4. The molecule has 204 valence electrons. The summed E-state index contributed by atoms with van der Waals surface area (Å²) in [5, 5.41) is 5.70. The maximum atomic E-state index is 13.7. The van der Waals surface area contributed by atoms with E-state index in [-0.39, 0.29) is 24.4 Å². The van der Waals surface area contributed by atoms with Crippen LogP contribution in [-0.2, 0) is 14.3 Å². The molecule has 0 fully saturated rings. The maximum Gasteiger partial charge on any atom is 0.408 e. The Hall–Kier alpha value is -2.57. The molecule has 0 heterocycles. The van der Waals surface area contributed by atoms with Crippen molar-refractivity contribution >= 4 is 17.9 Å². The van der Waals surface area contributed by atoms with Crippen molar-refractivity contribution in [3.05, 3.63) is 34.9 Å². The maximum absolute atomic E-state index is 13.7. The molecule has 0 aliphatic carbocycles. The Kier molecular flexibility index (Phi) is 13.6. The molecule has 7 nitrogen and oxygen atoms in total. The van der Waals surface area contributed by atoms with E-state index < -0.39 is 17.7 Å². The van der Waals surface area contributed by atoms with Crippen molar-refractivity contribution in [2.75, 3.05) is 13.1 Å². The number of hydrogen-bond donors (Lipinski definition) is 2. The minimum atomic E-state index is -0.775. The molecule has 7 heteroatoms. The number of amides is 3.